The third-order valence-electron chi connectivity index (χ3n) is 11.0. The lowest BCUT2D eigenvalue weighted by atomic mass is 9.81. The van der Waals surface area contributed by atoms with Crippen LogP contribution in [0.4, 0.5) is 4.79 Å². The van der Waals surface area contributed by atoms with Gasteiger partial charge in [-0.05, 0) is 70.1 Å². The largest absolute Gasteiger partial charge is 0.504 e. The van der Waals surface area contributed by atoms with Crippen LogP contribution >= 0.6 is 7.60 Å². The second-order valence-electron chi connectivity index (χ2n) is 15.4. The zero-order valence-electron chi connectivity index (χ0n) is 35.1. The number of hydrazine groups is 1. The Morgan fingerprint density at radius 1 is 0.683 bits per heavy atom. The maximum atomic E-state index is 15.0. The van der Waals surface area contributed by atoms with Crippen LogP contribution in [-0.4, -0.2) is 75.4 Å². The van der Waals surface area contributed by atoms with Crippen molar-refractivity contribution in [2.24, 2.45) is 0 Å². The lowest BCUT2D eigenvalue weighted by Crippen LogP contribution is -2.52. The quantitative estimate of drug-likeness (QED) is 0.0526. The topological polar surface area (TPSA) is 170 Å². The van der Waals surface area contributed by atoms with Gasteiger partial charge in [0.25, 0.3) is 0 Å². The van der Waals surface area contributed by atoms with Crippen LogP contribution in [0.1, 0.15) is 45.4 Å². The van der Waals surface area contributed by atoms with Crippen molar-refractivity contribution in [2.45, 2.75) is 50.1 Å². The summed E-state index contributed by atoms with van der Waals surface area (Å²) in [6.07, 6.45) is -1.89. The van der Waals surface area contributed by atoms with Gasteiger partial charge in [-0.1, -0.05) is 121 Å². The number of phenols is 2. The van der Waals surface area contributed by atoms with E-state index < -0.39 is 44.1 Å². The number of aromatic hydroxyl groups is 2. The molecule has 0 aromatic heterocycles. The summed E-state index contributed by atoms with van der Waals surface area (Å²) in [6.45, 7) is 0.00919. The van der Waals surface area contributed by atoms with Gasteiger partial charge in [0.1, 0.15) is 5.75 Å². The average molecular weight is 874 g/mol. The maximum absolute atomic E-state index is 15.0. The predicted octanol–water partition coefficient (Wildman–Crippen LogP) is 8.34. The molecule has 6 aromatic rings. The van der Waals surface area contributed by atoms with Crippen molar-refractivity contribution in [3.05, 3.63) is 185 Å². The second kappa shape index (κ2) is 20.7. The SMILES string of the molecule is COc1cc(CN2NCC(O)C(C(Cc3ccccc3)c3ccccc3OCP(=O)(O)OC(Cc3ccccc3)c3ccccc3)N(Cc3ccc(O)c(OC)c3)C2=O)ccc1O. The van der Waals surface area contributed by atoms with E-state index in [2.05, 4.69) is 5.43 Å². The Labute approximate surface area is 367 Å². The summed E-state index contributed by atoms with van der Waals surface area (Å²) in [5.74, 6) is -0.0286. The van der Waals surface area contributed by atoms with E-state index in [1.165, 1.54) is 31.4 Å². The summed E-state index contributed by atoms with van der Waals surface area (Å²) in [5, 5.41) is 34.4. The standard InChI is InChI=1S/C49H52N3O10P/c1-59-46-28-36(22-24-41(46)53)31-51-48(43(55)30-50-52(49(51)56)32-37-23-25-42(54)47(29-37)60-2)40(26-34-14-6-3-7-15-34)39-20-12-13-21-44(39)61-33-63(57,58)62-45(38-18-10-5-11-19-38)27-35-16-8-4-9-17-35/h3-25,28-29,40,43,45,48,50,53-55H,26-27,30-33H2,1-2H3,(H,57,58). The number of carbonyl (C=O) groups excluding carboxylic acids is 1. The number of β-amino-alcohol motifs (C(OH)–C–C–N with tert-alkyl or cyclic N) is 1. The van der Waals surface area contributed by atoms with Crippen LogP contribution in [-0.2, 0) is 35.0 Å². The first-order valence-electron chi connectivity index (χ1n) is 20.6. The summed E-state index contributed by atoms with van der Waals surface area (Å²) >= 11 is 0. The smallest absolute Gasteiger partial charge is 0.365 e. The summed E-state index contributed by atoms with van der Waals surface area (Å²) in [7, 11) is -1.54. The third-order valence-corrected chi connectivity index (χ3v) is 12.1. The molecule has 1 fully saturated rings. The monoisotopic (exact) mass is 873 g/mol. The minimum atomic E-state index is -4.42. The number of amides is 2. The number of ether oxygens (including phenoxy) is 3. The number of rotatable bonds is 18. The molecule has 0 saturated carbocycles. The molecular weight excluding hydrogens is 822 g/mol. The Morgan fingerprint density at radius 3 is 1.83 bits per heavy atom. The fraction of sp³-hybridized carbons (Fsp3) is 0.245. The molecule has 5 atom stereocenters. The van der Waals surface area contributed by atoms with Crippen LogP contribution < -0.4 is 19.6 Å². The normalized spacial score (nSPS) is 17.3. The third kappa shape index (κ3) is 11.4. The number of hydrogen-bond donors (Lipinski definition) is 5. The Kier molecular flexibility index (Phi) is 14.7. The number of methoxy groups -OCH3 is 2. The minimum absolute atomic E-state index is 0.00936. The molecule has 0 radical (unpaired) electrons. The Hall–Kier alpha value is -6.34. The van der Waals surface area contributed by atoms with Gasteiger partial charge in [0.05, 0.1) is 39.0 Å². The van der Waals surface area contributed by atoms with Crippen LogP contribution in [0.5, 0.6) is 28.7 Å². The zero-order valence-corrected chi connectivity index (χ0v) is 36.0. The molecule has 1 aliphatic heterocycles. The van der Waals surface area contributed by atoms with E-state index in [1.54, 1.807) is 41.3 Å². The van der Waals surface area contributed by atoms with E-state index in [0.29, 0.717) is 29.5 Å². The average Bonchev–Trinajstić information content (AvgIpc) is 3.41. The van der Waals surface area contributed by atoms with Gasteiger partial charge in [-0.2, -0.15) is 0 Å². The highest BCUT2D eigenvalue weighted by atomic mass is 31.2. The van der Waals surface area contributed by atoms with Gasteiger partial charge >= 0.3 is 13.6 Å². The van der Waals surface area contributed by atoms with E-state index in [1.807, 2.05) is 103 Å². The van der Waals surface area contributed by atoms with E-state index in [9.17, 15) is 24.8 Å². The van der Waals surface area contributed by atoms with Gasteiger partial charge in [-0.25, -0.2) is 10.2 Å². The highest BCUT2D eigenvalue weighted by Crippen LogP contribution is 2.49. The highest BCUT2D eigenvalue weighted by Gasteiger charge is 2.43. The van der Waals surface area contributed by atoms with E-state index in [4.69, 9.17) is 18.7 Å². The predicted molar refractivity (Wildman–Crippen MR) is 239 cm³/mol. The number of benzene rings is 6. The molecule has 0 aliphatic carbocycles. The molecule has 2 amide bonds. The van der Waals surface area contributed by atoms with E-state index in [0.717, 1.165) is 16.7 Å². The molecular formula is C49H52N3O10P. The van der Waals surface area contributed by atoms with Crippen LogP contribution in [0.15, 0.2) is 152 Å². The van der Waals surface area contributed by atoms with Crippen LogP contribution in [0.25, 0.3) is 0 Å². The number of phenolic OH excluding ortho intramolecular Hbond substituents is 2. The van der Waals surface area contributed by atoms with Crippen molar-refractivity contribution in [1.29, 1.82) is 0 Å². The van der Waals surface area contributed by atoms with Crippen molar-refractivity contribution in [2.75, 3.05) is 27.1 Å². The molecule has 0 spiro atoms. The van der Waals surface area contributed by atoms with E-state index in [-0.39, 0.29) is 48.4 Å². The van der Waals surface area contributed by atoms with Gasteiger partial charge < -0.3 is 39.3 Å². The lowest BCUT2D eigenvalue weighted by Gasteiger charge is -2.39. The van der Waals surface area contributed by atoms with Gasteiger partial charge in [-0.15, -0.1) is 0 Å². The number of carbonyl (C=O) groups is 1. The molecule has 5 N–H and O–H groups in total. The first-order chi connectivity index (χ1) is 30.5. The first kappa shape index (κ1) is 44.7. The fourth-order valence-corrected chi connectivity index (χ4v) is 8.93. The van der Waals surface area contributed by atoms with E-state index >= 15 is 4.79 Å². The van der Waals surface area contributed by atoms with Crippen molar-refractivity contribution in [3.8, 4) is 28.7 Å². The summed E-state index contributed by atoms with van der Waals surface area (Å²) in [5.41, 5.74) is 7.59. The molecule has 328 valence electrons. The molecule has 0 bridgehead atoms. The number of nitrogens with one attached hydrogen (secondary N) is 1. The second-order valence-corrected chi connectivity index (χ2v) is 17.1. The number of nitrogens with zero attached hydrogens (tertiary/aromatic N) is 2. The number of aliphatic hydroxyl groups excluding tert-OH is 1. The number of aliphatic hydroxyl groups is 1. The zero-order chi connectivity index (χ0) is 44.3. The maximum Gasteiger partial charge on any atom is 0.365 e. The Balaban J connectivity index is 1.25. The minimum Gasteiger partial charge on any atom is -0.504 e. The summed E-state index contributed by atoms with van der Waals surface area (Å²) in [4.78, 5) is 28.1. The molecule has 5 unspecified atom stereocenters. The van der Waals surface area contributed by atoms with Crippen LogP contribution in [0.3, 0.4) is 0 Å². The van der Waals surface area contributed by atoms with Crippen molar-refractivity contribution in [3.63, 3.8) is 0 Å². The van der Waals surface area contributed by atoms with Crippen molar-refractivity contribution >= 4 is 13.6 Å². The lowest BCUT2D eigenvalue weighted by molar-refractivity contribution is 0.0588. The molecule has 6 aromatic carbocycles. The number of hydrogen-bond acceptors (Lipinski definition) is 10. The fourth-order valence-electron chi connectivity index (χ4n) is 7.98. The number of para-hydroxylation sites is 1. The van der Waals surface area contributed by atoms with Crippen LogP contribution in [0.2, 0.25) is 0 Å². The molecule has 1 saturated heterocycles. The van der Waals surface area contributed by atoms with Gasteiger partial charge in [0, 0.05) is 25.4 Å². The van der Waals surface area contributed by atoms with Gasteiger partial charge in [0.15, 0.2) is 29.3 Å². The summed E-state index contributed by atoms with van der Waals surface area (Å²) < 4.78 is 37.1. The Morgan fingerprint density at radius 2 is 1.22 bits per heavy atom. The Bertz CT molecular complexity index is 2480. The number of urea groups is 1. The van der Waals surface area contributed by atoms with Crippen molar-refractivity contribution < 1.29 is 48.3 Å². The van der Waals surface area contributed by atoms with Gasteiger partial charge in [0.2, 0.25) is 0 Å². The molecule has 1 aliphatic rings. The van der Waals surface area contributed by atoms with Gasteiger partial charge in [-0.3, -0.25) is 14.1 Å². The molecule has 14 heteroatoms. The molecule has 13 nitrogen and oxygen atoms in total. The molecule has 63 heavy (non-hydrogen) atoms. The summed E-state index contributed by atoms with van der Waals surface area (Å²) in [6, 6.07) is 43.9. The molecule has 7 rings (SSSR count). The first-order valence-corrected chi connectivity index (χ1v) is 22.3. The highest BCUT2D eigenvalue weighted by molar-refractivity contribution is 7.52. The van der Waals surface area contributed by atoms with Crippen molar-refractivity contribution in [1.82, 2.24) is 15.3 Å². The molecule has 1 heterocycles. The van der Waals surface area contributed by atoms with Crippen LogP contribution in [0, 0.1) is 0 Å².